The van der Waals surface area contributed by atoms with Gasteiger partial charge in [-0.3, -0.25) is 4.79 Å². The van der Waals surface area contributed by atoms with Crippen molar-refractivity contribution in [1.82, 2.24) is 14.9 Å². The van der Waals surface area contributed by atoms with Crippen molar-refractivity contribution < 1.29 is 9.53 Å². The molecule has 1 atom stereocenters. The Bertz CT molecular complexity index is 363. The monoisotopic (exact) mass is 253 g/mol. The van der Waals surface area contributed by atoms with Crippen molar-refractivity contribution in [3.63, 3.8) is 0 Å². The molecule has 0 aliphatic rings. The summed E-state index contributed by atoms with van der Waals surface area (Å²) in [5.74, 6) is 0.999. The molecule has 1 aromatic heterocycles. The first-order chi connectivity index (χ1) is 8.70. The number of hydrogen-bond acceptors (Lipinski definition) is 3. The summed E-state index contributed by atoms with van der Waals surface area (Å²) in [4.78, 5) is 16.2. The summed E-state index contributed by atoms with van der Waals surface area (Å²) >= 11 is 0. The molecule has 1 N–H and O–H groups in total. The van der Waals surface area contributed by atoms with Crippen LogP contribution in [0.15, 0.2) is 12.4 Å². The molecule has 0 aromatic carbocycles. The Kier molecular flexibility index (Phi) is 6.43. The second kappa shape index (κ2) is 7.87. The molecule has 1 aromatic rings. The van der Waals surface area contributed by atoms with Crippen LogP contribution in [0.25, 0.3) is 0 Å². The molecular formula is C13H23N3O2. The highest BCUT2D eigenvalue weighted by Crippen LogP contribution is 2.10. The van der Waals surface area contributed by atoms with Gasteiger partial charge < -0.3 is 14.6 Å². The molecule has 0 spiro atoms. The summed E-state index contributed by atoms with van der Waals surface area (Å²) in [6.07, 6.45) is 6.37. The molecule has 0 saturated carbocycles. The van der Waals surface area contributed by atoms with Crippen molar-refractivity contribution in [3.8, 4) is 0 Å². The van der Waals surface area contributed by atoms with E-state index in [1.54, 1.807) is 13.3 Å². The van der Waals surface area contributed by atoms with E-state index in [0.29, 0.717) is 13.2 Å². The predicted molar refractivity (Wildman–Crippen MR) is 70.4 cm³/mol. The van der Waals surface area contributed by atoms with E-state index >= 15 is 0 Å². The van der Waals surface area contributed by atoms with E-state index in [1.165, 1.54) is 0 Å². The van der Waals surface area contributed by atoms with Crippen molar-refractivity contribution in [3.05, 3.63) is 18.2 Å². The minimum absolute atomic E-state index is 0.0291. The molecule has 0 fully saturated rings. The molecule has 0 saturated heterocycles. The lowest BCUT2D eigenvalue weighted by molar-refractivity contribution is -0.123. The summed E-state index contributed by atoms with van der Waals surface area (Å²) in [5, 5.41) is 2.91. The van der Waals surface area contributed by atoms with Gasteiger partial charge in [-0.2, -0.15) is 0 Å². The van der Waals surface area contributed by atoms with Crippen LogP contribution in [0.5, 0.6) is 0 Å². The zero-order valence-electron chi connectivity index (χ0n) is 11.5. The maximum Gasteiger partial charge on any atom is 0.242 e. The van der Waals surface area contributed by atoms with Gasteiger partial charge in [-0.05, 0) is 19.8 Å². The van der Waals surface area contributed by atoms with Crippen LogP contribution in [0.4, 0.5) is 0 Å². The first-order valence-electron chi connectivity index (χ1n) is 6.49. The Balaban J connectivity index is 2.49. The number of methoxy groups -OCH3 is 1. The van der Waals surface area contributed by atoms with E-state index in [0.717, 1.165) is 25.1 Å². The lowest BCUT2D eigenvalue weighted by Crippen LogP contribution is -2.32. The number of rotatable bonds is 8. The third-order valence-corrected chi connectivity index (χ3v) is 2.84. The maximum absolute atomic E-state index is 12.0. The molecule has 18 heavy (non-hydrogen) atoms. The third kappa shape index (κ3) is 4.14. The minimum Gasteiger partial charge on any atom is -0.385 e. The molecule has 1 rings (SSSR count). The average molecular weight is 253 g/mol. The average Bonchev–Trinajstić information content (AvgIpc) is 2.82. The number of amides is 1. The fourth-order valence-electron chi connectivity index (χ4n) is 1.82. The van der Waals surface area contributed by atoms with Gasteiger partial charge in [-0.25, -0.2) is 4.98 Å². The molecule has 0 aliphatic heterocycles. The molecule has 102 valence electrons. The third-order valence-electron chi connectivity index (χ3n) is 2.84. The van der Waals surface area contributed by atoms with Crippen molar-refractivity contribution in [2.24, 2.45) is 0 Å². The van der Waals surface area contributed by atoms with Gasteiger partial charge in [0.2, 0.25) is 5.91 Å². The van der Waals surface area contributed by atoms with Crippen LogP contribution in [0.1, 0.15) is 38.6 Å². The summed E-state index contributed by atoms with van der Waals surface area (Å²) in [5.41, 5.74) is 0. The summed E-state index contributed by atoms with van der Waals surface area (Å²) < 4.78 is 6.88. The van der Waals surface area contributed by atoms with Gasteiger partial charge in [-0.1, -0.05) is 6.92 Å². The zero-order chi connectivity index (χ0) is 13.4. The number of imidazole rings is 1. The van der Waals surface area contributed by atoms with Crippen LogP contribution >= 0.6 is 0 Å². The molecular weight excluding hydrogens is 230 g/mol. The normalized spacial score (nSPS) is 12.4. The quantitative estimate of drug-likeness (QED) is 0.715. The predicted octanol–water partition coefficient (Wildman–Crippen LogP) is 1.55. The molecule has 1 unspecified atom stereocenters. The number of aryl methyl sites for hydroxylation is 1. The number of carbonyl (C=O) groups is 1. The maximum atomic E-state index is 12.0. The highest BCUT2D eigenvalue weighted by molar-refractivity contribution is 5.79. The molecule has 5 heteroatoms. The van der Waals surface area contributed by atoms with E-state index in [9.17, 15) is 4.79 Å². The Morgan fingerprint density at radius 3 is 3.06 bits per heavy atom. The highest BCUT2D eigenvalue weighted by Gasteiger charge is 2.16. The fraction of sp³-hybridized carbons (Fsp3) is 0.692. The van der Waals surface area contributed by atoms with Crippen LogP contribution in [0.3, 0.4) is 0 Å². The van der Waals surface area contributed by atoms with Crippen molar-refractivity contribution in [2.45, 2.75) is 39.2 Å². The van der Waals surface area contributed by atoms with Crippen LogP contribution < -0.4 is 5.32 Å². The number of carbonyl (C=O) groups excluding carboxylic acids is 1. The highest BCUT2D eigenvalue weighted by atomic mass is 16.5. The van der Waals surface area contributed by atoms with Gasteiger partial charge in [0.1, 0.15) is 11.9 Å². The summed E-state index contributed by atoms with van der Waals surface area (Å²) in [6, 6.07) is -0.211. The van der Waals surface area contributed by atoms with Crippen LogP contribution in [-0.4, -0.2) is 35.7 Å². The van der Waals surface area contributed by atoms with Gasteiger partial charge in [0.05, 0.1) is 0 Å². The summed E-state index contributed by atoms with van der Waals surface area (Å²) in [7, 11) is 1.66. The molecule has 1 amide bonds. The lowest BCUT2D eigenvalue weighted by atomic mass is 10.2. The number of ether oxygens (including phenoxy) is 1. The number of nitrogens with zero attached hydrogens (tertiary/aromatic N) is 2. The Labute approximate surface area is 109 Å². The van der Waals surface area contributed by atoms with Crippen molar-refractivity contribution in [1.29, 1.82) is 0 Å². The van der Waals surface area contributed by atoms with Gasteiger partial charge in [-0.15, -0.1) is 0 Å². The second-order valence-electron chi connectivity index (χ2n) is 4.31. The topological polar surface area (TPSA) is 56.2 Å². The standard InChI is InChI=1S/C13H23N3O2/c1-4-6-12-14-8-9-16(12)11(2)13(17)15-7-5-10-18-3/h8-9,11H,4-7,10H2,1-3H3,(H,15,17). The number of aromatic nitrogens is 2. The zero-order valence-corrected chi connectivity index (χ0v) is 11.5. The van der Waals surface area contributed by atoms with E-state index in [2.05, 4.69) is 17.2 Å². The molecule has 0 aliphatic carbocycles. The minimum atomic E-state index is -0.211. The first-order valence-corrected chi connectivity index (χ1v) is 6.49. The Hall–Kier alpha value is -1.36. The van der Waals surface area contributed by atoms with Crippen LogP contribution in [-0.2, 0) is 16.0 Å². The molecule has 1 heterocycles. The van der Waals surface area contributed by atoms with Gasteiger partial charge in [0.15, 0.2) is 0 Å². The SMILES string of the molecule is CCCc1nccn1C(C)C(=O)NCCCOC. The van der Waals surface area contributed by atoms with E-state index in [-0.39, 0.29) is 11.9 Å². The summed E-state index contributed by atoms with van der Waals surface area (Å²) in [6.45, 7) is 5.32. The van der Waals surface area contributed by atoms with E-state index in [4.69, 9.17) is 4.74 Å². The Morgan fingerprint density at radius 1 is 1.61 bits per heavy atom. The first kappa shape index (κ1) is 14.7. The fourth-order valence-corrected chi connectivity index (χ4v) is 1.82. The molecule has 0 bridgehead atoms. The smallest absolute Gasteiger partial charge is 0.242 e. The van der Waals surface area contributed by atoms with Crippen molar-refractivity contribution in [2.75, 3.05) is 20.3 Å². The number of nitrogens with one attached hydrogen (secondary N) is 1. The van der Waals surface area contributed by atoms with E-state index in [1.807, 2.05) is 17.7 Å². The van der Waals surface area contributed by atoms with Gasteiger partial charge in [0.25, 0.3) is 0 Å². The van der Waals surface area contributed by atoms with Crippen LogP contribution in [0, 0.1) is 0 Å². The van der Waals surface area contributed by atoms with Crippen LogP contribution in [0.2, 0.25) is 0 Å². The number of hydrogen-bond donors (Lipinski definition) is 1. The van der Waals surface area contributed by atoms with E-state index < -0.39 is 0 Å². The largest absolute Gasteiger partial charge is 0.385 e. The second-order valence-corrected chi connectivity index (χ2v) is 4.31. The Morgan fingerprint density at radius 2 is 2.39 bits per heavy atom. The van der Waals surface area contributed by atoms with Crippen molar-refractivity contribution >= 4 is 5.91 Å². The molecule has 5 nitrogen and oxygen atoms in total. The van der Waals surface area contributed by atoms with Gasteiger partial charge >= 0.3 is 0 Å². The molecule has 0 radical (unpaired) electrons. The van der Waals surface area contributed by atoms with Gasteiger partial charge in [0, 0.05) is 39.1 Å². The lowest BCUT2D eigenvalue weighted by Gasteiger charge is -2.16.